The molecule has 5 heteroatoms. The first kappa shape index (κ1) is 9.83. The Kier molecular flexibility index (Phi) is 3.11. The summed E-state index contributed by atoms with van der Waals surface area (Å²) in [6.45, 7) is 3.13. The van der Waals surface area contributed by atoms with Gasteiger partial charge in [0.2, 0.25) is 5.91 Å². The molecule has 1 rings (SSSR count). The van der Waals surface area contributed by atoms with Gasteiger partial charge in [-0.15, -0.1) is 0 Å². The quantitative estimate of drug-likeness (QED) is 0.618. The molecule has 13 heavy (non-hydrogen) atoms. The van der Waals surface area contributed by atoms with Crippen molar-refractivity contribution in [3.05, 3.63) is 0 Å². The molecule has 1 atom stereocenters. The van der Waals surface area contributed by atoms with E-state index < -0.39 is 11.9 Å². The molecule has 3 amide bonds. The van der Waals surface area contributed by atoms with Gasteiger partial charge in [0.15, 0.2) is 0 Å². The van der Waals surface area contributed by atoms with E-state index in [4.69, 9.17) is 5.73 Å². The van der Waals surface area contributed by atoms with Crippen LogP contribution in [-0.4, -0.2) is 36.0 Å². The summed E-state index contributed by atoms with van der Waals surface area (Å²) >= 11 is 0. The number of primary amides is 1. The van der Waals surface area contributed by atoms with Crippen molar-refractivity contribution in [2.75, 3.05) is 13.1 Å². The first-order valence-corrected chi connectivity index (χ1v) is 4.46. The molecule has 1 saturated heterocycles. The van der Waals surface area contributed by atoms with Crippen LogP contribution in [0.1, 0.15) is 19.8 Å². The molecule has 0 radical (unpaired) electrons. The Morgan fingerprint density at radius 1 is 1.38 bits per heavy atom. The summed E-state index contributed by atoms with van der Waals surface area (Å²) in [6.07, 6.45) is 2.08. The van der Waals surface area contributed by atoms with Gasteiger partial charge in [-0.3, -0.25) is 4.79 Å². The number of rotatable bonds is 2. The predicted molar refractivity (Wildman–Crippen MR) is 48.0 cm³/mol. The zero-order valence-electron chi connectivity index (χ0n) is 7.75. The Bertz CT molecular complexity index is 211. The van der Waals surface area contributed by atoms with Crippen molar-refractivity contribution in [1.82, 2.24) is 10.2 Å². The number of nitrogens with two attached hydrogens (primary N) is 1. The molecule has 0 aromatic heterocycles. The number of carbonyl (C=O) groups is 2. The number of nitrogens with one attached hydrogen (secondary N) is 1. The summed E-state index contributed by atoms with van der Waals surface area (Å²) < 4.78 is 0. The van der Waals surface area contributed by atoms with E-state index in [-0.39, 0.29) is 6.03 Å². The molecule has 1 aliphatic heterocycles. The summed E-state index contributed by atoms with van der Waals surface area (Å²) in [4.78, 5) is 23.7. The Morgan fingerprint density at radius 3 is 2.38 bits per heavy atom. The van der Waals surface area contributed by atoms with Crippen LogP contribution in [-0.2, 0) is 4.79 Å². The maximum atomic E-state index is 11.4. The maximum absolute atomic E-state index is 11.4. The van der Waals surface area contributed by atoms with Crippen molar-refractivity contribution >= 4 is 11.9 Å². The van der Waals surface area contributed by atoms with E-state index in [1.54, 1.807) is 11.8 Å². The third kappa shape index (κ3) is 2.61. The SMILES string of the molecule is C[C@H](NC(=O)N1CCCC1)C(N)=O. The van der Waals surface area contributed by atoms with Gasteiger partial charge < -0.3 is 16.0 Å². The van der Waals surface area contributed by atoms with Crippen molar-refractivity contribution in [2.24, 2.45) is 5.73 Å². The topological polar surface area (TPSA) is 75.4 Å². The van der Waals surface area contributed by atoms with E-state index in [2.05, 4.69) is 5.32 Å². The summed E-state index contributed by atoms with van der Waals surface area (Å²) in [6, 6.07) is -0.781. The Hall–Kier alpha value is -1.26. The summed E-state index contributed by atoms with van der Waals surface area (Å²) in [5, 5.41) is 2.53. The van der Waals surface area contributed by atoms with Gasteiger partial charge >= 0.3 is 6.03 Å². The maximum Gasteiger partial charge on any atom is 0.318 e. The third-order valence-electron chi connectivity index (χ3n) is 2.16. The fourth-order valence-electron chi connectivity index (χ4n) is 1.27. The van der Waals surface area contributed by atoms with E-state index >= 15 is 0 Å². The summed E-state index contributed by atoms with van der Waals surface area (Å²) in [5.74, 6) is -0.507. The average Bonchev–Trinajstić information content (AvgIpc) is 2.55. The molecule has 0 bridgehead atoms. The molecule has 0 unspecified atom stereocenters. The van der Waals surface area contributed by atoms with E-state index in [0.29, 0.717) is 0 Å². The van der Waals surface area contributed by atoms with Gasteiger partial charge in [0.1, 0.15) is 6.04 Å². The Morgan fingerprint density at radius 2 is 1.92 bits per heavy atom. The molecule has 0 spiro atoms. The highest BCUT2D eigenvalue weighted by Crippen LogP contribution is 2.06. The second kappa shape index (κ2) is 4.11. The van der Waals surface area contributed by atoms with Crippen LogP contribution in [0.4, 0.5) is 4.79 Å². The standard InChI is InChI=1S/C8H15N3O2/c1-6(7(9)12)10-8(13)11-4-2-3-5-11/h6H,2-5H2,1H3,(H2,9,12)(H,10,13)/t6-/m0/s1. The van der Waals surface area contributed by atoms with Gasteiger partial charge in [0.25, 0.3) is 0 Å². The molecule has 0 aromatic rings. The molecule has 74 valence electrons. The number of carbonyl (C=O) groups excluding carboxylic acids is 2. The van der Waals surface area contributed by atoms with E-state index in [9.17, 15) is 9.59 Å². The summed E-state index contributed by atoms with van der Waals surface area (Å²) in [5.41, 5.74) is 5.01. The first-order valence-electron chi connectivity index (χ1n) is 4.46. The second-order valence-corrected chi connectivity index (χ2v) is 3.27. The lowest BCUT2D eigenvalue weighted by molar-refractivity contribution is -0.119. The van der Waals surface area contributed by atoms with Crippen LogP contribution in [0, 0.1) is 0 Å². The smallest absolute Gasteiger partial charge is 0.318 e. The van der Waals surface area contributed by atoms with Crippen LogP contribution in [0.15, 0.2) is 0 Å². The monoisotopic (exact) mass is 185 g/mol. The van der Waals surface area contributed by atoms with Crippen molar-refractivity contribution in [1.29, 1.82) is 0 Å². The molecular formula is C8H15N3O2. The molecular weight excluding hydrogens is 170 g/mol. The Balaban J connectivity index is 2.35. The summed E-state index contributed by atoms with van der Waals surface area (Å²) in [7, 11) is 0. The normalized spacial score (nSPS) is 18.4. The van der Waals surface area contributed by atoms with Gasteiger partial charge in [-0.25, -0.2) is 4.79 Å². The minimum Gasteiger partial charge on any atom is -0.368 e. The fraction of sp³-hybridized carbons (Fsp3) is 0.750. The number of urea groups is 1. The van der Waals surface area contributed by atoms with Crippen molar-refractivity contribution in [2.45, 2.75) is 25.8 Å². The number of hydrogen-bond donors (Lipinski definition) is 2. The van der Waals surface area contributed by atoms with Crippen LogP contribution < -0.4 is 11.1 Å². The van der Waals surface area contributed by atoms with Gasteiger partial charge in [-0.05, 0) is 19.8 Å². The molecule has 1 fully saturated rings. The van der Waals surface area contributed by atoms with E-state index in [0.717, 1.165) is 25.9 Å². The lowest BCUT2D eigenvalue weighted by Gasteiger charge is -2.18. The fourth-order valence-corrected chi connectivity index (χ4v) is 1.27. The largest absolute Gasteiger partial charge is 0.368 e. The lowest BCUT2D eigenvalue weighted by atomic mass is 10.3. The van der Waals surface area contributed by atoms with Gasteiger partial charge in [-0.1, -0.05) is 0 Å². The molecule has 1 heterocycles. The lowest BCUT2D eigenvalue weighted by Crippen LogP contribution is -2.47. The van der Waals surface area contributed by atoms with Crippen molar-refractivity contribution in [3.8, 4) is 0 Å². The highest BCUT2D eigenvalue weighted by Gasteiger charge is 2.20. The number of nitrogens with zero attached hydrogens (tertiary/aromatic N) is 1. The van der Waals surface area contributed by atoms with Crippen LogP contribution in [0.5, 0.6) is 0 Å². The van der Waals surface area contributed by atoms with Gasteiger partial charge in [-0.2, -0.15) is 0 Å². The van der Waals surface area contributed by atoms with Gasteiger partial charge in [0, 0.05) is 13.1 Å². The third-order valence-corrected chi connectivity index (χ3v) is 2.16. The molecule has 0 aromatic carbocycles. The van der Waals surface area contributed by atoms with E-state index in [1.165, 1.54) is 0 Å². The van der Waals surface area contributed by atoms with Crippen molar-refractivity contribution < 1.29 is 9.59 Å². The minimum absolute atomic E-state index is 0.191. The first-order chi connectivity index (χ1) is 6.11. The van der Waals surface area contributed by atoms with Crippen LogP contribution in [0.25, 0.3) is 0 Å². The number of likely N-dealkylation sites (tertiary alicyclic amines) is 1. The molecule has 3 N–H and O–H groups in total. The van der Waals surface area contributed by atoms with Crippen LogP contribution in [0.2, 0.25) is 0 Å². The Labute approximate surface area is 77.3 Å². The number of amides is 3. The molecule has 1 aliphatic rings. The zero-order chi connectivity index (χ0) is 9.84. The highest BCUT2D eigenvalue weighted by molar-refractivity contribution is 5.85. The van der Waals surface area contributed by atoms with Crippen molar-refractivity contribution in [3.63, 3.8) is 0 Å². The molecule has 5 nitrogen and oxygen atoms in total. The van der Waals surface area contributed by atoms with Gasteiger partial charge in [0.05, 0.1) is 0 Å². The zero-order valence-corrected chi connectivity index (χ0v) is 7.75. The van der Waals surface area contributed by atoms with Crippen LogP contribution in [0.3, 0.4) is 0 Å². The highest BCUT2D eigenvalue weighted by atomic mass is 16.2. The minimum atomic E-state index is -0.590. The van der Waals surface area contributed by atoms with E-state index in [1.807, 2.05) is 0 Å². The molecule has 0 aliphatic carbocycles. The predicted octanol–water partition coefficient (Wildman–Crippen LogP) is -0.334. The van der Waals surface area contributed by atoms with Crippen LogP contribution >= 0.6 is 0 Å². The molecule has 0 saturated carbocycles. The number of hydrogen-bond acceptors (Lipinski definition) is 2. The average molecular weight is 185 g/mol. The second-order valence-electron chi connectivity index (χ2n) is 3.27.